The molecular formula is C63H76O13Si. The molecule has 13 nitrogen and oxygen atoms in total. The number of ether oxygens (including phenoxy) is 12. The molecule has 0 spiro atoms. The Balaban J connectivity index is 1.00. The van der Waals surface area contributed by atoms with Gasteiger partial charge in [-0.2, -0.15) is 0 Å². The molecular weight excluding hydrogens is 993 g/mol. The highest BCUT2D eigenvalue weighted by molar-refractivity contribution is 6.76. The minimum absolute atomic E-state index is 0.0583. The first-order valence-corrected chi connectivity index (χ1v) is 30.5. The first-order valence-electron chi connectivity index (χ1n) is 26.8. The van der Waals surface area contributed by atoms with Crippen molar-refractivity contribution in [3.8, 4) is 0 Å². The van der Waals surface area contributed by atoms with Crippen LogP contribution in [0.3, 0.4) is 0 Å². The number of rotatable bonds is 30. The molecule has 0 unspecified atom stereocenters. The largest absolute Gasteiger partial charge is 0.433 e. The number of hydrogen-bond acceptors (Lipinski definition) is 13. The molecule has 0 saturated carbocycles. The summed E-state index contributed by atoms with van der Waals surface area (Å²) in [6, 6.07) is 60.7. The van der Waals surface area contributed by atoms with Crippen LogP contribution in [0.25, 0.3) is 0 Å². The molecule has 8 rings (SSSR count). The second-order valence-corrected chi connectivity index (χ2v) is 26.2. The number of hydrogen-bond donors (Lipinski definition) is 0. The van der Waals surface area contributed by atoms with Crippen molar-refractivity contribution in [1.82, 2.24) is 0 Å². The first-order chi connectivity index (χ1) is 37.6. The third-order valence-electron chi connectivity index (χ3n) is 13.2. The average molecular weight is 1070 g/mol. The lowest BCUT2D eigenvalue weighted by atomic mass is 9.97. The molecule has 0 bridgehead atoms. The van der Waals surface area contributed by atoms with Crippen molar-refractivity contribution >= 4 is 14.0 Å². The van der Waals surface area contributed by atoms with E-state index in [-0.39, 0.29) is 46.2 Å². The van der Waals surface area contributed by atoms with Crippen LogP contribution in [0.15, 0.2) is 182 Å². The lowest BCUT2D eigenvalue weighted by Crippen LogP contribution is -2.62. The normalized spacial score (nSPS) is 23.6. The van der Waals surface area contributed by atoms with Crippen LogP contribution in [-0.4, -0.2) is 108 Å². The topological polar surface area (TPSA) is 128 Å². The maximum absolute atomic E-state index is 12.7. The van der Waals surface area contributed by atoms with Crippen LogP contribution in [0, 0.1) is 0 Å². The predicted octanol–water partition coefficient (Wildman–Crippen LogP) is 10.9. The van der Waals surface area contributed by atoms with Gasteiger partial charge in [-0.1, -0.05) is 202 Å². The zero-order chi connectivity index (χ0) is 53.5. The summed E-state index contributed by atoms with van der Waals surface area (Å²) in [5.74, 6) is -0.525. The Morgan fingerprint density at radius 2 is 0.662 bits per heavy atom. The summed E-state index contributed by atoms with van der Waals surface area (Å²) < 4.78 is 79.7. The van der Waals surface area contributed by atoms with E-state index in [9.17, 15) is 4.79 Å². The Kier molecular flexibility index (Phi) is 23.0. The minimum atomic E-state index is -1.49. The highest BCUT2D eigenvalue weighted by Gasteiger charge is 2.51. The number of benzene rings is 6. The van der Waals surface area contributed by atoms with Crippen molar-refractivity contribution in [3.63, 3.8) is 0 Å². The van der Waals surface area contributed by atoms with Gasteiger partial charge in [0.2, 0.25) is 6.29 Å². The highest BCUT2D eigenvalue weighted by Crippen LogP contribution is 2.34. The molecule has 6 aromatic carbocycles. The van der Waals surface area contributed by atoms with Crippen molar-refractivity contribution in [3.05, 3.63) is 215 Å². The third-order valence-corrected chi connectivity index (χ3v) is 15.0. The Bertz CT molecular complexity index is 2540. The van der Waals surface area contributed by atoms with E-state index in [1.54, 1.807) is 0 Å². The van der Waals surface area contributed by atoms with Crippen LogP contribution < -0.4 is 0 Å². The number of esters is 1. The molecule has 0 amide bonds. The average Bonchev–Trinajstić information content (AvgIpc) is 3.45. The van der Waals surface area contributed by atoms with Crippen molar-refractivity contribution in [2.45, 2.75) is 134 Å². The van der Waals surface area contributed by atoms with Crippen molar-refractivity contribution < 1.29 is 61.6 Å². The van der Waals surface area contributed by atoms with Crippen LogP contribution in [0.4, 0.5) is 0 Å². The summed E-state index contributed by atoms with van der Waals surface area (Å²) >= 11 is 0. The van der Waals surface area contributed by atoms with E-state index in [1.807, 2.05) is 182 Å². The molecule has 14 heteroatoms. The summed E-state index contributed by atoms with van der Waals surface area (Å²) in [4.78, 5) is 12.7. The molecule has 10 atom stereocenters. The molecule has 0 N–H and O–H groups in total. The summed E-state index contributed by atoms with van der Waals surface area (Å²) in [5.41, 5.74) is 5.90. The van der Waals surface area contributed by atoms with E-state index in [2.05, 4.69) is 19.6 Å². The highest BCUT2D eigenvalue weighted by atomic mass is 28.3. The van der Waals surface area contributed by atoms with Gasteiger partial charge in [-0.25, -0.2) is 0 Å². The van der Waals surface area contributed by atoms with Gasteiger partial charge in [-0.3, -0.25) is 4.79 Å². The Morgan fingerprint density at radius 1 is 0.377 bits per heavy atom. The van der Waals surface area contributed by atoms with Gasteiger partial charge < -0.3 is 56.8 Å². The molecule has 2 aliphatic rings. The van der Waals surface area contributed by atoms with E-state index in [1.165, 1.54) is 6.92 Å². The third kappa shape index (κ3) is 18.9. The second-order valence-electron chi connectivity index (χ2n) is 20.6. The standard InChI is InChI=1S/C63H76O13Si/c1-47(64)74-63-61(73-44-53-33-21-10-22-34-53)59(71-42-51-29-17-8-18-30-51)57(69-40-49-25-13-6-14-26-49)55(76-63)46-66-36-35-65-45-54-56(68-39-48-23-11-5-12-24-48)58(70-41-50-27-15-7-16-28-50)60(72-43-52-31-19-9-20-32-52)62(75-54)67-37-38-77(2,3)4/h5-34,54-63H,35-46H2,1-4H3/t54-,55+,56+,57-,58+,59-,60-,61+,62-,63-/m0/s1. The molecule has 0 aromatic heterocycles. The van der Waals surface area contributed by atoms with Gasteiger partial charge >= 0.3 is 5.97 Å². The Labute approximate surface area is 455 Å². The SMILES string of the molecule is CC(=O)O[C@H]1O[C@H](COCCOC[C@@H]2O[C@H](OCC[Si](C)(C)C)[C@@H](OCc3ccccc3)[C@H](OCc3ccccc3)[C@@H]2OCc2ccccc2)[C@H](OCc2ccccc2)[C@H](OCc2ccccc2)[C@H]1OCc1ccccc1. The molecule has 2 aliphatic heterocycles. The fourth-order valence-electron chi connectivity index (χ4n) is 9.15. The van der Waals surface area contributed by atoms with E-state index in [4.69, 9.17) is 56.8 Å². The van der Waals surface area contributed by atoms with Crippen molar-refractivity contribution in [2.75, 3.05) is 33.0 Å². The smallest absolute Gasteiger partial charge is 0.305 e. The van der Waals surface area contributed by atoms with Crippen molar-refractivity contribution in [1.29, 1.82) is 0 Å². The molecule has 0 aliphatic carbocycles. The van der Waals surface area contributed by atoms with Gasteiger partial charge in [-0.05, 0) is 39.4 Å². The zero-order valence-electron chi connectivity index (χ0n) is 44.9. The van der Waals surface area contributed by atoms with E-state index < -0.39 is 75.5 Å². The fraction of sp³-hybridized carbons (Fsp3) is 0.413. The number of carbonyl (C=O) groups is 1. The second kappa shape index (κ2) is 30.6. The molecule has 410 valence electrons. The zero-order valence-corrected chi connectivity index (χ0v) is 45.9. The molecule has 77 heavy (non-hydrogen) atoms. The Hall–Kier alpha value is -5.43. The molecule has 0 radical (unpaired) electrons. The van der Waals surface area contributed by atoms with Crippen LogP contribution in [0.5, 0.6) is 0 Å². The molecule has 2 fully saturated rings. The first kappa shape index (κ1) is 57.7. The minimum Gasteiger partial charge on any atom is -0.433 e. The lowest BCUT2D eigenvalue weighted by molar-refractivity contribution is -0.327. The van der Waals surface area contributed by atoms with Crippen LogP contribution in [0.1, 0.15) is 40.3 Å². The van der Waals surface area contributed by atoms with Gasteiger partial charge in [0.05, 0.1) is 66.1 Å². The van der Waals surface area contributed by atoms with E-state index in [0.717, 1.165) is 39.4 Å². The lowest BCUT2D eigenvalue weighted by Gasteiger charge is -2.46. The van der Waals surface area contributed by atoms with Gasteiger partial charge in [0.15, 0.2) is 6.29 Å². The quantitative estimate of drug-likeness (QED) is 0.0241. The van der Waals surface area contributed by atoms with Crippen LogP contribution in [0.2, 0.25) is 25.7 Å². The maximum atomic E-state index is 12.7. The molecule has 2 saturated heterocycles. The van der Waals surface area contributed by atoms with Crippen LogP contribution >= 0.6 is 0 Å². The van der Waals surface area contributed by atoms with E-state index >= 15 is 0 Å². The molecule has 6 aromatic rings. The molecule has 2 heterocycles. The summed E-state index contributed by atoms with van der Waals surface area (Å²) in [6.07, 6.45) is -7.49. The van der Waals surface area contributed by atoms with Gasteiger partial charge in [0.1, 0.15) is 48.8 Å². The van der Waals surface area contributed by atoms with Gasteiger partial charge in [0.25, 0.3) is 0 Å². The van der Waals surface area contributed by atoms with Crippen molar-refractivity contribution in [2.24, 2.45) is 0 Å². The van der Waals surface area contributed by atoms with Crippen LogP contribution in [-0.2, 0) is 101 Å². The summed E-state index contributed by atoms with van der Waals surface area (Å²) in [5, 5.41) is 0. The fourth-order valence-corrected chi connectivity index (χ4v) is 9.88. The van der Waals surface area contributed by atoms with Gasteiger partial charge in [-0.15, -0.1) is 0 Å². The van der Waals surface area contributed by atoms with E-state index in [0.29, 0.717) is 26.4 Å². The Morgan fingerprint density at radius 3 is 0.974 bits per heavy atom. The summed E-state index contributed by atoms with van der Waals surface area (Å²) in [6.45, 7) is 11.1. The van der Waals surface area contributed by atoms with Gasteiger partial charge in [0, 0.05) is 21.6 Å². The summed E-state index contributed by atoms with van der Waals surface area (Å²) in [7, 11) is -1.49. The maximum Gasteiger partial charge on any atom is 0.305 e. The monoisotopic (exact) mass is 1070 g/mol. The predicted molar refractivity (Wildman–Crippen MR) is 295 cm³/mol. The number of carbonyl (C=O) groups excluding carboxylic acids is 1.